The van der Waals surface area contributed by atoms with Crippen molar-refractivity contribution in [2.45, 2.75) is 26.2 Å². The van der Waals surface area contributed by atoms with Gasteiger partial charge in [0, 0.05) is 47.7 Å². The Hall–Kier alpha value is -4.00. The summed E-state index contributed by atoms with van der Waals surface area (Å²) in [4.78, 5) is 40.8. The number of hydrogen-bond acceptors (Lipinski definition) is 5. The lowest BCUT2D eigenvalue weighted by molar-refractivity contribution is -0.116. The Balaban J connectivity index is 1.50. The van der Waals surface area contributed by atoms with Crippen molar-refractivity contribution in [3.05, 3.63) is 84.2 Å². The lowest BCUT2D eigenvalue weighted by atomic mass is 10.1. The number of rotatable bonds is 10. The third kappa shape index (κ3) is 6.77. The van der Waals surface area contributed by atoms with Crippen LogP contribution in [0.3, 0.4) is 0 Å². The number of ether oxygens (including phenoxy) is 1. The van der Waals surface area contributed by atoms with Crippen molar-refractivity contribution >= 4 is 29.0 Å². The van der Waals surface area contributed by atoms with Crippen LogP contribution in [0, 0.1) is 0 Å². The molecule has 2 aromatic carbocycles. The van der Waals surface area contributed by atoms with Gasteiger partial charge in [-0.3, -0.25) is 19.4 Å². The zero-order chi connectivity index (χ0) is 22.8. The molecule has 0 unspecified atom stereocenters. The minimum absolute atomic E-state index is 0.0561. The van der Waals surface area contributed by atoms with Gasteiger partial charge < -0.3 is 15.4 Å². The maximum atomic E-state index is 12.4. The summed E-state index contributed by atoms with van der Waals surface area (Å²) in [5.41, 5.74) is 2.11. The van der Waals surface area contributed by atoms with E-state index in [4.69, 9.17) is 4.74 Å². The number of anilines is 2. The van der Waals surface area contributed by atoms with Gasteiger partial charge in [0.05, 0.1) is 6.61 Å². The summed E-state index contributed by atoms with van der Waals surface area (Å²) in [6.07, 6.45) is 4.15. The molecule has 0 radical (unpaired) electrons. The Morgan fingerprint density at radius 3 is 2.22 bits per heavy atom. The van der Waals surface area contributed by atoms with Crippen LogP contribution in [0.1, 0.15) is 46.9 Å². The van der Waals surface area contributed by atoms with Crippen molar-refractivity contribution in [1.29, 1.82) is 0 Å². The number of Topliss-reactive ketones (excluding diaryl/α,β-unsaturated/α-hetero) is 1. The van der Waals surface area contributed by atoms with Crippen LogP contribution < -0.4 is 15.4 Å². The maximum Gasteiger partial charge on any atom is 0.255 e. The average molecular weight is 431 g/mol. The molecule has 1 aromatic heterocycles. The summed E-state index contributed by atoms with van der Waals surface area (Å²) in [7, 11) is 0. The largest absolute Gasteiger partial charge is 0.494 e. The molecule has 0 spiro atoms. The smallest absolute Gasteiger partial charge is 0.255 e. The number of nitrogens with one attached hydrogen (secondary N) is 2. The number of pyridine rings is 1. The second kappa shape index (κ2) is 11.4. The van der Waals surface area contributed by atoms with Crippen LogP contribution in [0.5, 0.6) is 5.75 Å². The Morgan fingerprint density at radius 2 is 1.53 bits per heavy atom. The van der Waals surface area contributed by atoms with Gasteiger partial charge in [-0.15, -0.1) is 0 Å². The Kier molecular flexibility index (Phi) is 8.09. The van der Waals surface area contributed by atoms with Crippen molar-refractivity contribution in [3.63, 3.8) is 0 Å². The van der Waals surface area contributed by atoms with Gasteiger partial charge in [-0.2, -0.15) is 0 Å². The van der Waals surface area contributed by atoms with E-state index < -0.39 is 0 Å². The van der Waals surface area contributed by atoms with E-state index in [0.29, 0.717) is 29.1 Å². The molecule has 2 N–H and O–H groups in total. The van der Waals surface area contributed by atoms with Crippen LogP contribution in [0.4, 0.5) is 11.4 Å². The number of ketones is 1. The molecule has 0 bridgehead atoms. The topological polar surface area (TPSA) is 97.4 Å². The Labute approximate surface area is 186 Å². The fourth-order valence-corrected chi connectivity index (χ4v) is 2.93. The third-order valence-electron chi connectivity index (χ3n) is 4.57. The van der Waals surface area contributed by atoms with Crippen LogP contribution in [0.2, 0.25) is 0 Å². The molecule has 7 heteroatoms. The second-order valence-electron chi connectivity index (χ2n) is 7.12. The van der Waals surface area contributed by atoms with Crippen molar-refractivity contribution in [2.75, 3.05) is 17.2 Å². The number of hydrogen-bond donors (Lipinski definition) is 2. The fourth-order valence-electron chi connectivity index (χ4n) is 2.93. The molecule has 1 heterocycles. The van der Waals surface area contributed by atoms with Gasteiger partial charge in [0.25, 0.3) is 5.91 Å². The molecule has 0 aliphatic heterocycles. The molecule has 0 atom stereocenters. The van der Waals surface area contributed by atoms with Gasteiger partial charge in [-0.1, -0.05) is 13.0 Å². The summed E-state index contributed by atoms with van der Waals surface area (Å²) in [5.74, 6) is 0.0593. The van der Waals surface area contributed by atoms with Crippen LogP contribution in [-0.4, -0.2) is 29.2 Å². The lowest BCUT2D eigenvalue weighted by Gasteiger charge is -2.09. The first-order chi connectivity index (χ1) is 15.5. The predicted molar refractivity (Wildman–Crippen MR) is 123 cm³/mol. The predicted octanol–water partition coefficient (Wildman–Crippen LogP) is 4.72. The number of carbonyl (C=O) groups is 3. The number of nitrogens with zero attached hydrogens (tertiary/aromatic N) is 1. The molecule has 0 saturated carbocycles. The molecule has 3 rings (SSSR count). The molecule has 164 valence electrons. The second-order valence-corrected chi connectivity index (χ2v) is 7.12. The molecule has 2 amide bonds. The van der Waals surface area contributed by atoms with E-state index in [2.05, 4.69) is 15.6 Å². The van der Waals surface area contributed by atoms with Crippen molar-refractivity contribution in [2.24, 2.45) is 0 Å². The molecule has 0 saturated heterocycles. The summed E-state index contributed by atoms with van der Waals surface area (Å²) in [6, 6.07) is 17.0. The van der Waals surface area contributed by atoms with Gasteiger partial charge in [0.2, 0.25) is 5.91 Å². The highest BCUT2D eigenvalue weighted by atomic mass is 16.5. The van der Waals surface area contributed by atoms with E-state index >= 15 is 0 Å². The van der Waals surface area contributed by atoms with Gasteiger partial charge in [-0.05, 0) is 61.0 Å². The van der Waals surface area contributed by atoms with Crippen LogP contribution in [0.15, 0.2) is 73.1 Å². The summed E-state index contributed by atoms with van der Waals surface area (Å²) in [6.45, 7) is 2.65. The summed E-state index contributed by atoms with van der Waals surface area (Å²) >= 11 is 0. The normalized spacial score (nSPS) is 10.3. The highest BCUT2D eigenvalue weighted by Crippen LogP contribution is 2.18. The lowest BCUT2D eigenvalue weighted by Crippen LogP contribution is -2.15. The molecule has 0 fully saturated rings. The average Bonchev–Trinajstić information content (AvgIpc) is 2.82. The standard InChI is InChI=1S/C25H25N3O4/c1-2-16-32-22-8-6-18(7-9-22)23(29)10-11-24(30)27-20-4-3-5-21(17-20)28-25(31)19-12-14-26-15-13-19/h3-9,12-15,17H,2,10-11,16H2,1H3,(H,27,30)(H,28,31). The third-order valence-corrected chi connectivity index (χ3v) is 4.57. The van der Waals surface area contributed by atoms with Crippen molar-refractivity contribution < 1.29 is 19.1 Å². The van der Waals surface area contributed by atoms with Gasteiger partial charge in [0.15, 0.2) is 5.78 Å². The van der Waals surface area contributed by atoms with Crippen LogP contribution >= 0.6 is 0 Å². The Morgan fingerprint density at radius 1 is 0.844 bits per heavy atom. The molecule has 32 heavy (non-hydrogen) atoms. The highest BCUT2D eigenvalue weighted by molar-refractivity contribution is 6.04. The Bertz CT molecular complexity index is 1070. The molecular formula is C25H25N3O4. The van der Waals surface area contributed by atoms with Crippen LogP contribution in [0.25, 0.3) is 0 Å². The van der Waals surface area contributed by atoms with E-state index in [0.717, 1.165) is 12.2 Å². The molecule has 7 nitrogen and oxygen atoms in total. The number of benzene rings is 2. The van der Waals surface area contributed by atoms with Crippen molar-refractivity contribution in [3.8, 4) is 5.75 Å². The number of aromatic nitrogens is 1. The van der Waals surface area contributed by atoms with Crippen LogP contribution in [-0.2, 0) is 4.79 Å². The number of amides is 2. The zero-order valence-electron chi connectivity index (χ0n) is 17.8. The summed E-state index contributed by atoms with van der Waals surface area (Å²) < 4.78 is 5.51. The molecule has 3 aromatic rings. The fraction of sp³-hybridized carbons (Fsp3) is 0.200. The maximum absolute atomic E-state index is 12.4. The van der Waals surface area contributed by atoms with E-state index in [-0.39, 0.29) is 30.4 Å². The molecule has 0 aliphatic carbocycles. The quantitative estimate of drug-likeness (QED) is 0.453. The van der Waals surface area contributed by atoms with E-state index in [1.54, 1.807) is 73.1 Å². The van der Waals surface area contributed by atoms with E-state index in [1.807, 2.05) is 6.92 Å². The van der Waals surface area contributed by atoms with Gasteiger partial charge in [-0.25, -0.2) is 0 Å². The first-order valence-corrected chi connectivity index (χ1v) is 10.4. The first kappa shape index (κ1) is 22.7. The van der Waals surface area contributed by atoms with Crippen molar-refractivity contribution in [1.82, 2.24) is 4.98 Å². The number of carbonyl (C=O) groups excluding carboxylic acids is 3. The molecular weight excluding hydrogens is 406 g/mol. The first-order valence-electron chi connectivity index (χ1n) is 10.4. The monoisotopic (exact) mass is 431 g/mol. The van der Waals surface area contributed by atoms with Gasteiger partial charge >= 0.3 is 0 Å². The van der Waals surface area contributed by atoms with E-state index in [9.17, 15) is 14.4 Å². The highest BCUT2D eigenvalue weighted by Gasteiger charge is 2.11. The minimum Gasteiger partial charge on any atom is -0.494 e. The summed E-state index contributed by atoms with van der Waals surface area (Å²) in [5, 5.41) is 5.54. The van der Waals surface area contributed by atoms with Gasteiger partial charge in [0.1, 0.15) is 5.75 Å². The zero-order valence-corrected chi connectivity index (χ0v) is 17.8. The minimum atomic E-state index is -0.279. The molecule has 0 aliphatic rings. The SMILES string of the molecule is CCCOc1ccc(C(=O)CCC(=O)Nc2cccc(NC(=O)c3ccncc3)c2)cc1. The van der Waals surface area contributed by atoms with E-state index in [1.165, 1.54) is 0 Å².